The predicted octanol–water partition coefficient (Wildman–Crippen LogP) is 3.02. The van der Waals surface area contributed by atoms with Crippen molar-refractivity contribution in [3.8, 4) is 0 Å². The van der Waals surface area contributed by atoms with Crippen LogP contribution in [0.1, 0.15) is 36.5 Å². The van der Waals surface area contributed by atoms with Gasteiger partial charge in [0, 0.05) is 12.5 Å². The van der Waals surface area contributed by atoms with Gasteiger partial charge in [-0.1, -0.05) is 30.7 Å². The highest BCUT2D eigenvalue weighted by Crippen LogP contribution is 2.28. The number of aliphatic hydroxyl groups excluding tert-OH is 1. The number of aliphatic hydroxyl groups is 1. The van der Waals surface area contributed by atoms with E-state index in [2.05, 4.69) is 39.0 Å². The fourth-order valence-electron chi connectivity index (χ4n) is 2.92. The summed E-state index contributed by atoms with van der Waals surface area (Å²) in [4.78, 5) is 0. The first-order chi connectivity index (χ1) is 8.61. The fraction of sp³-hybridized carbons (Fsp3) is 0.625. The molecule has 2 rings (SSSR count). The van der Waals surface area contributed by atoms with E-state index in [1.54, 1.807) is 0 Å². The van der Waals surface area contributed by atoms with E-state index in [4.69, 9.17) is 4.74 Å². The van der Waals surface area contributed by atoms with Crippen molar-refractivity contribution in [2.24, 2.45) is 5.92 Å². The molecule has 1 aliphatic heterocycles. The summed E-state index contributed by atoms with van der Waals surface area (Å²) in [5, 5.41) is 10.4. The maximum Gasteiger partial charge on any atom is 0.0634 e. The maximum absolute atomic E-state index is 10.4. The number of ether oxygens (including phenoxy) is 1. The van der Waals surface area contributed by atoms with Crippen LogP contribution in [-0.4, -0.2) is 23.9 Å². The molecule has 2 heteroatoms. The lowest BCUT2D eigenvalue weighted by molar-refractivity contribution is 0.0317. The molecule has 0 saturated carbocycles. The first-order valence-corrected chi connectivity index (χ1v) is 6.97. The van der Waals surface area contributed by atoms with Crippen LogP contribution in [0.3, 0.4) is 0 Å². The molecule has 0 spiro atoms. The van der Waals surface area contributed by atoms with Crippen molar-refractivity contribution >= 4 is 0 Å². The molecule has 0 bridgehead atoms. The van der Waals surface area contributed by atoms with Gasteiger partial charge in [-0.2, -0.15) is 0 Å². The van der Waals surface area contributed by atoms with E-state index in [-0.39, 0.29) is 12.2 Å². The minimum Gasteiger partial charge on any atom is -0.392 e. The van der Waals surface area contributed by atoms with Gasteiger partial charge in [0.2, 0.25) is 0 Å². The van der Waals surface area contributed by atoms with Gasteiger partial charge in [0.25, 0.3) is 0 Å². The van der Waals surface area contributed by atoms with Crippen LogP contribution in [0.4, 0.5) is 0 Å². The van der Waals surface area contributed by atoms with Crippen molar-refractivity contribution in [1.82, 2.24) is 0 Å². The van der Waals surface area contributed by atoms with E-state index in [1.165, 1.54) is 16.7 Å². The second-order valence-corrected chi connectivity index (χ2v) is 5.47. The lowest BCUT2D eigenvalue weighted by Gasteiger charge is -2.23. The van der Waals surface area contributed by atoms with Crippen molar-refractivity contribution in [3.63, 3.8) is 0 Å². The zero-order valence-electron chi connectivity index (χ0n) is 11.6. The molecule has 1 aliphatic rings. The van der Waals surface area contributed by atoms with E-state index in [0.29, 0.717) is 5.92 Å². The first kappa shape index (κ1) is 13.6. The van der Waals surface area contributed by atoms with Crippen LogP contribution in [0.25, 0.3) is 0 Å². The Morgan fingerprint density at radius 3 is 2.89 bits per heavy atom. The predicted molar refractivity (Wildman–Crippen MR) is 73.8 cm³/mol. The van der Waals surface area contributed by atoms with Gasteiger partial charge < -0.3 is 9.84 Å². The van der Waals surface area contributed by atoms with Crippen molar-refractivity contribution in [2.45, 2.75) is 52.2 Å². The van der Waals surface area contributed by atoms with Crippen LogP contribution in [0, 0.1) is 19.8 Å². The topological polar surface area (TPSA) is 29.5 Å². The summed E-state index contributed by atoms with van der Waals surface area (Å²) < 4.78 is 5.67. The normalized spacial score (nSPS) is 25.3. The highest BCUT2D eigenvalue weighted by Gasteiger charge is 2.32. The molecule has 1 aromatic carbocycles. The zero-order valence-corrected chi connectivity index (χ0v) is 11.6. The van der Waals surface area contributed by atoms with E-state index in [1.807, 2.05) is 0 Å². The number of hydrogen-bond acceptors (Lipinski definition) is 2. The molecule has 3 unspecified atom stereocenters. The molecule has 1 aromatic rings. The van der Waals surface area contributed by atoms with Crippen molar-refractivity contribution < 1.29 is 9.84 Å². The third-order valence-electron chi connectivity index (χ3n) is 4.09. The summed E-state index contributed by atoms with van der Waals surface area (Å²) in [6, 6.07) is 6.45. The third-order valence-corrected chi connectivity index (χ3v) is 4.09. The zero-order chi connectivity index (χ0) is 13.1. The van der Waals surface area contributed by atoms with Crippen molar-refractivity contribution in [1.29, 1.82) is 0 Å². The molecule has 1 saturated heterocycles. The highest BCUT2D eigenvalue weighted by molar-refractivity contribution is 5.31. The van der Waals surface area contributed by atoms with E-state index in [0.717, 1.165) is 25.9 Å². The highest BCUT2D eigenvalue weighted by atomic mass is 16.5. The summed E-state index contributed by atoms with van der Waals surface area (Å²) in [7, 11) is 0. The van der Waals surface area contributed by atoms with Gasteiger partial charge in [-0.05, 0) is 44.2 Å². The van der Waals surface area contributed by atoms with Crippen LogP contribution in [0.15, 0.2) is 18.2 Å². The lowest BCUT2D eigenvalue weighted by Crippen LogP contribution is -2.29. The molecular weight excluding hydrogens is 224 g/mol. The largest absolute Gasteiger partial charge is 0.392 e. The average Bonchev–Trinajstić information content (AvgIpc) is 2.82. The SMILES string of the molecule is CCC1OCCC1C(O)Cc1cc(C)ccc1C. The van der Waals surface area contributed by atoms with Gasteiger partial charge in [0.05, 0.1) is 12.2 Å². The fourth-order valence-corrected chi connectivity index (χ4v) is 2.92. The van der Waals surface area contributed by atoms with E-state index in [9.17, 15) is 5.11 Å². The maximum atomic E-state index is 10.4. The first-order valence-electron chi connectivity index (χ1n) is 6.97. The summed E-state index contributed by atoms with van der Waals surface area (Å²) in [5.41, 5.74) is 3.80. The minimum absolute atomic E-state index is 0.241. The van der Waals surface area contributed by atoms with Crippen LogP contribution in [0.5, 0.6) is 0 Å². The summed E-state index contributed by atoms with van der Waals surface area (Å²) in [5.74, 6) is 0.301. The molecule has 0 amide bonds. The Hall–Kier alpha value is -0.860. The molecule has 2 nitrogen and oxygen atoms in total. The second-order valence-electron chi connectivity index (χ2n) is 5.47. The van der Waals surface area contributed by atoms with Gasteiger partial charge >= 0.3 is 0 Å². The molecule has 1 fully saturated rings. The van der Waals surface area contributed by atoms with Gasteiger partial charge in [0.15, 0.2) is 0 Å². The van der Waals surface area contributed by atoms with Gasteiger partial charge in [-0.3, -0.25) is 0 Å². The van der Waals surface area contributed by atoms with Crippen molar-refractivity contribution in [3.05, 3.63) is 34.9 Å². The Bertz CT molecular complexity index is 400. The lowest BCUT2D eigenvalue weighted by atomic mass is 9.88. The van der Waals surface area contributed by atoms with Crippen LogP contribution >= 0.6 is 0 Å². The number of aryl methyl sites for hydroxylation is 2. The Kier molecular flexibility index (Phi) is 4.41. The van der Waals surface area contributed by atoms with Gasteiger partial charge in [-0.25, -0.2) is 0 Å². The monoisotopic (exact) mass is 248 g/mol. The summed E-state index contributed by atoms with van der Waals surface area (Å²) in [6.45, 7) is 7.15. The van der Waals surface area contributed by atoms with E-state index >= 15 is 0 Å². The molecule has 0 aliphatic carbocycles. The number of hydrogen-bond donors (Lipinski definition) is 1. The number of benzene rings is 1. The molecule has 18 heavy (non-hydrogen) atoms. The Morgan fingerprint density at radius 1 is 1.39 bits per heavy atom. The summed E-state index contributed by atoms with van der Waals surface area (Å²) in [6.07, 6.45) is 2.69. The van der Waals surface area contributed by atoms with Crippen LogP contribution < -0.4 is 0 Å². The molecule has 1 N–H and O–H groups in total. The number of rotatable bonds is 4. The third kappa shape index (κ3) is 2.93. The Labute approximate surface area is 110 Å². The Morgan fingerprint density at radius 2 is 2.17 bits per heavy atom. The molecule has 0 aromatic heterocycles. The van der Waals surface area contributed by atoms with Crippen LogP contribution in [0.2, 0.25) is 0 Å². The molecule has 100 valence electrons. The quantitative estimate of drug-likeness (QED) is 0.887. The molecule has 0 radical (unpaired) electrons. The van der Waals surface area contributed by atoms with Gasteiger partial charge in [0.1, 0.15) is 0 Å². The molecule has 1 heterocycles. The molecular formula is C16H24O2. The smallest absolute Gasteiger partial charge is 0.0634 e. The Balaban J connectivity index is 2.06. The van der Waals surface area contributed by atoms with Gasteiger partial charge in [-0.15, -0.1) is 0 Å². The van der Waals surface area contributed by atoms with Crippen LogP contribution in [-0.2, 0) is 11.2 Å². The second kappa shape index (κ2) is 5.85. The van der Waals surface area contributed by atoms with E-state index < -0.39 is 0 Å². The molecule has 3 atom stereocenters. The van der Waals surface area contributed by atoms with Crippen molar-refractivity contribution in [2.75, 3.05) is 6.61 Å². The summed E-state index contributed by atoms with van der Waals surface area (Å²) >= 11 is 0. The minimum atomic E-state index is -0.280. The average molecular weight is 248 g/mol. The standard InChI is InChI=1S/C16H24O2/c1-4-16-14(7-8-18-16)15(17)10-13-9-11(2)5-6-12(13)3/h5-6,9,14-17H,4,7-8,10H2,1-3H3.